The van der Waals surface area contributed by atoms with Crippen molar-refractivity contribution in [1.29, 1.82) is 0 Å². The smallest absolute Gasteiger partial charge is 0.267 e. The molecule has 0 radical (unpaired) electrons. The Hall–Kier alpha value is -1.58. The van der Waals surface area contributed by atoms with Crippen LogP contribution in [-0.4, -0.2) is 24.0 Å². The number of nitrogens with two attached hydrogens (primary N) is 1. The molecule has 3 rings (SSSR count). The first-order valence-corrected chi connectivity index (χ1v) is 6.19. The van der Waals surface area contributed by atoms with Crippen molar-refractivity contribution in [3.63, 3.8) is 0 Å². The van der Waals surface area contributed by atoms with Crippen LogP contribution in [0.3, 0.4) is 0 Å². The van der Waals surface area contributed by atoms with Crippen LogP contribution in [-0.2, 0) is 0 Å². The molecule has 1 aromatic rings. The van der Waals surface area contributed by atoms with Crippen LogP contribution < -0.4 is 10.6 Å². The highest BCUT2D eigenvalue weighted by Gasteiger charge is 2.45. The van der Waals surface area contributed by atoms with Gasteiger partial charge < -0.3 is 10.6 Å². The molecule has 1 aromatic heterocycles. The molecule has 4 heteroatoms. The second-order valence-corrected chi connectivity index (χ2v) is 5.29. The molecule has 1 amide bonds. The van der Waals surface area contributed by atoms with Gasteiger partial charge in [-0.25, -0.2) is 0 Å². The Bertz CT molecular complexity index is 454. The maximum atomic E-state index is 11.1. The monoisotopic (exact) mass is 231 g/mol. The third-order valence-electron chi connectivity index (χ3n) is 3.98. The van der Waals surface area contributed by atoms with Crippen molar-refractivity contribution in [2.45, 2.75) is 25.7 Å². The molecule has 2 fully saturated rings. The highest BCUT2D eigenvalue weighted by Crippen LogP contribution is 2.52. The number of primary amides is 1. The van der Waals surface area contributed by atoms with Crippen LogP contribution in [0, 0.1) is 5.41 Å². The first-order chi connectivity index (χ1) is 8.19. The molecule has 0 aromatic carbocycles. The van der Waals surface area contributed by atoms with Gasteiger partial charge in [0.2, 0.25) is 0 Å². The highest BCUT2D eigenvalue weighted by atomic mass is 16.1. The summed E-state index contributed by atoms with van der Waals surface area (Å²) in [6.07, 6.45) is 6.99. The Morgan fingerprint density at radius 3 is 2.94 bits per heavy atom. The van der Waals surface area contributed by atoms with Gasteiger partial charge in [-0.1, -0.05) is 0 Å². The number of nitrogens with zero attached hydrogens (tertiary/aromatic N) is 2. The van der Waals surface area contributed by atoms with E-state index in [0.29, 0.717) is 11.1 Å². The normalized spacial score (nSPS) is 21.5. The molecule has 90 valence electrons. The summed E-state index contributed by atoms with van der Waals surface area (Å²) in [7, 11) is 0. The summed E-state index contributed by atoms with van der Waals surface area (Å²) in [5.41, 5.74) is 7.28. The van der Waals surface area contributed by atoms with Crippen LogP contribution >= 0.6 is 0 Å². The van der Waals surface area contributed by atoms with E-state index in [1.54, 1.807) is 6.20 Å². The summed E-state index contributed by atoms with van der Waals surface area (Å²) in [6.45, 7) is 2.19. The van der Waals surface area contributed by atoms with E-state index < -0.39 is 5.91 Å². The Labute approximate surface area is 101 Å². The molecule has 2 aliphatic rings. The lowest BCUT2D eigenvalue weighted by molar-refractivity contribution is 0.0995. The van der Waals surface area contributed by atoms with Crippen LogP contribution in [0.15, 0.2) is 18.3 Å². The number of hydrogen-bond donors (Lipinski definition) is 1. The molecule has 1 aliphatic heterocycles. The molecule has 0 atom stereocenters. The summed E-state index contributed by atoms with van der Waals surface area (Å²) in [5, 5.41) is 0. The molecular weight excluding hydrogens is 214 g/mol. The molecule has 0 unspecified atom stereocenters. The Morgan fingerprint density at radius 1 is 1.41 bits per heavy atom. The number of anilines is 1. The van der Waals surface area contributed by atoms with Gasteiger partial charge in [-0.15, -0.1) is 0 Å². The molecule has 17 heavy (non-hydrogen) atoms. The zero-order valence-electron chi connectivity index (χ0n) is 9.85. The maximum Gasteiger partial charge on any atom is 0.267 e. The van der Waals surface area contributed by atoms with Gasteiger partial charge in [0, 0.05) is 25.0 Å². The Morgan fingerprint density at radius 2 is 2.24 bits per heavy atom. The fourth-order valence-corrected chi connectivity index (χ4v) is 2.76. The topological polar surface area (TPSA) is 59.2 Å². The number of hydrogen-bond acceptors (Lipinski definition) is 3. The van der Waals surface area contributed by atoms with Gasteiger partial charge in [0.15, 0.2) is 0 Å². The van der Waals surface area contributed by atoms with Crippen LogP contribution in [0.2, 0.25) is 0 Å². The molecule has 2 heterocycles. The summed E-state index contributed by atoms with van der Waals surface area (Å²) < 4.78 is 0. The van der Waals surface area contributed by atoms with Gasteiger partial charge in [-0.2, -0.15) is 0 Å². The van der Waals surface area contributed by atoms with E-state index in [0.717, 1.165) is 18.8 Å². The first-order valence-electron chi connectivity index (χ1n) is 6.19. The molecular formula is C13H17N3O. The van der Waals surface area contributed by atoms with Crippen LogP contribution in [0.25, 0.3) is 0 Å². The third-order valence-corrected chi connectivity index (χ3v) is 3.98. The van der Waals surface area contributed by atoms with Crippen molar-refractivity contribution in [1.82, 2.24) is 4.98 Å². The van der Waals surface area contributed by atoms with Gasteiger partial charge in [-0.05, 0) is 43.2 Å². The standard InChI is InChI=1S/C13H17N3O/c14-12(17)11-8-10(2-6-15-11)16-7-1-3-13(9-16)4-5-13/h2,6,8H,1,3-5,7,9H2,(H2,14,17). The number of carbonyl (C=O) groups is 1. The van der Waals surface area contributed by atoms with Crippen molar-refractivity contribution < 1.29 is 4.79 Å². The number of amides is 1. The number of rotatable bonds is 2. The summed E-state index contributed by atoms with van der Waals surface area (Å²) in [4.78, 5) is 17.5. The second kappa shape index (κ2) is 3.72. The fourth-order valence-electron chi connectivity index (χ4n) is 2.76. The Balaban J connectivity index is 1.83. The summed E-state index contributed by atoms with van der Waals surface area (Å²) in [6, 6.07) is 3.78. The average Bonchev–Trinajstić information content (AvgIpc) is 3.08. The van der Waals surface area contributed by atoms with Crippen LogP contribution in [0.5, 0.6) is 0 Å². The van der Waals surface area contributed by atoms with Crippen molar-refractivity contribution in [2.24, 2.45) is 11.1 Å². The summed E-state index contributed by atoms with van der Waals surface area (Å²) in [5.74, 6) is -0.454. The van der Waals surface area contributed by atoms with Gasteiger partial charge in [0.05, 0.1) is 0 Å². The fraction of sp³-hybridized carbons (Fsp3) is 0.538. The van der Waals surface area contributed by atoms with Crippen molar-refractivity contribution in [3.05, 3.63) is 24.0 Å². The molecule has 2 N–H and O–H groups in total. The van der Waals surface area contributed by atoms with Gasteiger partial charge in [0.1, 0.15) is 5.69 Å². The average molecular weight is 231 g/mol. The number of aromatic nitrogens is 1. The predicted molar refractivity (Wildman–Crippen MR) is 65.9 cm³/mol. The van der Waals surface area contributed by atoms with E-state index in [-0.39, 0.29) is 0 Å². The molecule has 4 nitrogen and oxygen atoms in total. The quantitative estimate of drug-likeness (QED) is 0.840. The molecule has 1 saturated carbocycles. The van der Waals surface area contributed by atoms with Gasteiger partial charge in [0.25, 0.3) is 5.91 Å². The van der Waals surface area contributed by atoms with Crippen LogP contribution in [0.4, 0.5) is 5.69 Å². The van der Waals surface area contributed by atoms with Gasteiger partial charge >= 0.3 is 0 Å². The SMILES string of the molecule is NC(=O)c1cc(N2CCCC3(CC3)C2)ccn1. The molecule has 1 saturated heterocycles. The molecule has 1 aliphatic carbocycles. The summed E-state index contributed by atoms with van der Waals surface area (Å²) >= 11 is 0. The lowest BCUT2D eigenvalue weighted by Gasteiger charge is -2.34. The minimum atomic E-state index is -0.454. The van der Waals surface area contributed by atoms with Crippen molar-refractivity contribution >= 4 is 11.6 Å². The van der Waals surface area contributed by atoms with Crippen molar-refractivity contribution in [2.75, 3.05) is 18.0 Å². The van der Waals surface area contributed by atoms with E-state index in [2.05, 4.69) is 9.88 Å². The second-order valence-electron chi connectivity index (χ2n) is 5.29. The van der Waals surface area contributed by atoms with E-state index in [9.17, 15) is 4.79 Å². The van der Waals surface area contributed by atoms with E-state index in [1.807, 2.05) is 12.1 Å². The van der Waals surface area contributed by atoms with Crippen molar-refractivity contribution in [3.8, 4) is 0 Å². The third kappa shape index (κ3) is 1.99. The van der Waals surface area contributed by atoms with Gasteiger partial charge in [-0.3, -0.25) is 9.78 Å². The zero-order chi connectivity index (χ0) is 11.9. The lowest BCUT2D eigenvalue weighted by atomic mass is 9.95. The predicted octanol–water partition coefficient (Wildman–Crippen LogP) is 1.56. The maximum absolute atomic E-state index is 11.1. The van der Waals surface area contributed by atoms with E-state index >= 15 is 0 Å². The van der Waals surface area contributed by atoms with Crippen LogP contribution in [0.1, 0.15) is 36.2 Å². The largest absolute Gasteiger partial charge is 0.371 e. The Kier molecular flexibility index (Phi) is 2.31. The van der Waals surface area contributed by atoms with E-state index in [4.69, 9.17) is 5.73 Å². The number of carbonyl (C=O) groups excluding carboxylic acids is 1. The van der Waals surface area contributed by atoms with E-state index in [1.165, 1.54) is 25.7 Å². The first kappa shape index (κ1) is 10.6. The minimum Gasteiger partial charge on any atom is -0.371 e. The number of piperidine rings is 1. The lowest BCUT2D eigenvalue weighted by Crippen LogP contribution is -2.36. The highest BCUT2D eigenvalue weighted by molar-refractivity contribution is 5.91. The number of pyridine rings is 1. The molecule has 1 spiro atoms. The molecule has 0 bridgehead atoms. The zero-order valence-corrected chi connectivity index (χ0v) is 9.85. The minimum absolute atomic E-state index is 0.359.